The molecule has 0 aliphatic carbocycles. The summed E-state index contributed by atoms with van der Waals surface area (Å²) >= 11 is 1.77. The lowest BCUT2D eigenvalue weighted by atomic mass is 10.3. The quantitative estimate of drug-likeness (QED) is 0.874. The highest BCUT2D eigenvalue weighted by Gasteiger charge is 2.14. The third kappa shape index (κ3) is 3.23. The second kappa shape index (κ2) is 5.23. The molecule has 17 heavy (non-hydrogen) atoms. The number of nitrogens with one attached hydrogen (secondary N) is 1. The van der Waals surface area contributed by atoms with Crippen LogP contribution in [-0.4, -0.2) is 35.3 Å². The maximum atomic E-state index is 10.9. The molecule has 1 aliphatic rings. The van der Waals surface area contributed by atoms with Crippen LogP contribution >= 0.6 is 11.8 Å². The molecular formula is C12H15N3OS. The summed E-state index contributed by atoms with van der Waals surface area (Å²) in [6.07, 6.45) is 0. The first kappa shape index (κ1) is 12.0. The zero-order valence-corrected chi connectivity index (χ0v) is 10.8. The van der Waals surface area contributed by atoms with Crippen molar-refractivity contribution in [3.63, 3.8) is 0 Å². The van der Waals surface area contributed by atoms with E-state index in [1.165, 1.54) is 6.92 Å². The molecule has 0 aromatic heterocycles. The Morgan fingerprint density at radius 3 is 2.65 bits per heavy atom. The van der Waals surface area contributed by atoms with Crippen molar-refractivity contribution in [1.82, 2.24) is 4.90 Å². The van der Waals surface area contributed by atoms with E-state index >= 15 is 0 Å². The number of benzene rings is 1. The summed E-state index contributed by atoms with van der Waals surface area (Å²) in [6.45, 7) is 2.55. The van der Waals surface area contributed by atoms with Crippen molar-refractivity contribution in [1.29, 1.82) is 0 Å². The molecule has 90 valence electrons. The van der Waals surface area contributed by atoms with Gasteiger partial charge in [-0.25, -0.2) is 4.99 Å². The van der Waals surface area contributed by atoms with Gasteiger partial charge in [0.1, 0.15) is 0 Å². The van der Waals surface area contributed by atoms with Crippen LogP contribution in [0, 0.1) is 0 Å². The van der Waals surface area contributed by atoms with E-state index in [4.69, 9.17) is 0 Å². The van der Waals surface area contributed by atoms with Gasteiger partial charge in [0.2, 0.25) is 5.91 Å². The summed E-state index contributed by atoms with van der Waals surface area (Å²) in [5, 5.41) is 3.78. The number of anilines is 1. The van der Waals surface area contributed by atoms with Crippen LogP contribution in [0.1, 0.15) is 6.92 Å². The standard InChI is InChI=1S/C12H15N3OS/c1-9(16)13-10-3-5-11(6-4-10)14-12-15(2)7-8-17-12/h3-6H,7-8H2,1-2H3,(H,13,16). The molecule has 1 aromatic rings. The van der Waals surface area contributed by atoms with Crippen molar-refractivity contribution in [2.24, 2.45) is 4.99 Å². The normalized spacial score (nSPS) is 17.5. The Balaban J connectivity index is 2.10. The number of amides is 1. The molecule has 1 heterocycles. The number of amidine groups is 1. The fourth-order valence-corrected chi connectivity index (χ4v) is 2.56. The number of rotatable bonds is 2. The fourth-order valence-electron chi connectivity index (χ4n) is 1.53. The fraction of sp³-hybridized carbons (Fsp3) is 0.333. The molecule has 5 heteroatoms. The minimum atomic E-state index is -0.0601. The van der Waals surface area contributed by atoms with Crippen molar-refractivity contribution in [2.75, 3.05) is 24.7 Å². The van der Waals surface area contributed by atoms with E-state index in [0.717, 1.165) is 28.8 Å². The SMILES string of the molecule is CC(=O)Nc1ccc(N=C2SCCN2C)cc1. The number of carbonyl (C=O) groups is 1. The topological polar surface area (TPSA) is 44.7 Å². The molecule has 4 nitrogen and oxygen atoms in total. The van der Waals surface area contributed by atoms with Crippen LogP contribution in [0.4, 0.5) is 11.4 Å². The van der Waals surface area contributed by atoms with E-state index in [2.05, 4.69) is 15.2 Å². The Morgan fingerprint density at radius 1 is 1.41 bits per heavy atom. The lowest BCUT2D eigenvalue weighted by Crippen LogP contribution is -2.17. The lowest BCUT2D eigenvalue weighted by Gasteiger charge is -2.09. The zero-order valence-electron chi connectivity index (χ0n) is 9.93. The Morgan fingerprint density at radius 2 is 2.12 bits per heavy atom. The molecular weight excluding hydrogens is 234 g/mol. The summed E-state index contributed by atoms with van der Waals surface area (Å²) in [4.78, 5) is 17.6. The molecule has 2 rings (SSSR count). The van der Waals surface area contributed by atoms with E-state index in [0.29, 0.717) is 0 Å². The van der Waals surface area contributed by atoms with Crippen LogP contribution in [0.15, 0.2) is 29.3 Å². The Bertz CT molecular complexity index is 442. The molecule has 1 amide bonds. The molecule has 1 saturated heterocycles. The van der Waals surface area contributed by atoms with Gasteiger partial charge < -0.3 is 10.2 Å². The van der Waals surface area contributed by atoms with Crippen molar-refractivity contribution < 1.29 is 4.79 Å². The van der Waals surface area contributed by atoms with Gasteiger partial charge in [-0.1, -0.05) is 11.8 Å². The van der Waals surface area contributed by atoms with Crippen molar-refractivity contribution in [2.45, 2.75) is 6.92 Å². The molecule has 1 N–H and O–H groups in total. The molecule has 1 aromatic carbocycles. The van der Waals surface area contributed by atoms with Crippen LogP contribution in [0.25, 0.3) is 0 Å². The molecule has 1 aliphatic heterocycles. The molecule has 0 spiro atoms. The van der Waals surface area contributed by atoms with Crippen LogP contribution in [0.5, 0.6) is 0 Å². The van der Waals surface area contributed by atoms with Crippen LogP contribution in [-0.2, 0) is 4.79 Å². The summed E-state index contributed by atoms with van der Waals surface area (Å²) in [7, 11) is 2.05. The summed E-state index contributed by atoms with van der Waals surface area (Å²) in [5.74, 6) is 1.04. The van der Waals surface area contributed by atoms with Crippen LogP contribution < -0.4 is 5.32 Å². The summed E-state index contributed by atoms with van der Waals surface area (Å²) in [5.41, 5.74) is 1.71. The molecule has 0 saturated carbocycles. The number of thioether (sulfide) groups is 1. The number of aliphatic imine (C=N–C) groups is 1. The van der Waals surface area contributed by atoms with Gasteiger partial charge in [0.25, 0.3) is 0 Å². The monoisotopic (exact) mass is 249 g/mol. The number of hydrogen-bond acceptors (Lipinski definition) is 3. The van der Waals surface area contributed by atoms with Crippen LogP contribution in [0.3, 0.4) is 0 Å². The summed E-state index contributed by atoms with van der Waals surface area (Å²) in [6, 6.07) is 7.54. The minimum absolute atomic E-state index is 0.0601. The molecule has 0 radical (unpaired) electrons. The average Bonchev–Trinajstić information content (AvgIpc) is 2.67. The Labute approximate surface area is 105 Å². The van der Waals surface area contributed by atoms with Gasteiger partial charge in [0.15, 0.2) is 5.17 Å². The van der Waals surface area contributed by atoms with Gasteiger partial charge in [-0.3, -0.25) is 4.79 Å². The Kier molecular flexibility index (Phi) is 3.68. The third-order valence-corrected chi connectivity index (χ3v) is 3.44. The van der Waals surface area contributed by atoms with Gasteiger partial charge in [-0.05, 0) is 24.3 Å². The second-order valence-electron chi connectivity index (χ2n) is 3.89. The number of hydrogen-bond donors (Lipinski definition) is 1. The smallest absolute Gasteiger partial charge is 0.221 e. The molecule has 0 atom stereocenters. The number of carbonyl (C=O) groups excluding carboxylic acids is 1. The van der Waals surface area contributed by atoms with Gasteiger partial charge in [-0.2, -0.15) is 0 Å². The van der Waals surface area contributed by atoms with Gasteiger partial charge >= 0.3 is 0 Å². The van der Waals surface area contributed by atoms with Crippen molar-refractivity contribution in [3.05, 3.63) is 24.3 Å². The van der Waals surface area contributed by atoms with Crippen molar-refractivity contribution >= 4 is 34.2 Å². The second-order valence-corrected chi connectivity index (χ2v) is 4.95. The predicted octanol–water partition coefficient (Wildman–Crippen LogP) is 2.31. The van der Waals surface area contributed by atoms with E-state index in [1.807, 2.05) is 31.3 Å². The van der Waals surface area contributed by atoms with E-state index in [9.17, 15) is 4.79 Å². The average molecular weight is 249 g/mol. The maximum absolute atomic E-state index is 10.9. The highest BCUT2D eigenvalue weighted by molar-refractivity contribution is 8.14. The third-order valence-electron chi connectivity index (χ3n) is 2.40. The molecule has 0 unspecified atom stereocenters. The molecule has 1 fully saturated rings. The van der Waals surface area contributed by atoms with E-state index < -0.39 is 0 Å². The lowest BCUT2D eigenvalue weighted by molar-refractivity contribution is -0.114. The van der Waals surface area contributed by atoms with E-state index in [1.54, 1.807) is 11.8 Å². The van der Waals surface area contributed by atoms with E-state index in [-0.39, 0.29) is 5.91 Å². The Hall–Kier alpha value is -1.49. The first-order valence-electron chi connectivity index (χ1n) is 5.45. The highest BCUT2D eigenvalue weighted by atomic mass is 32.2. The first-order chi connectivity index (χ1) is 8.15. The zero-order chi connectivity index (χ0) is 12.3. The number of nitrogens with zero attached hydrogens (tertiary/aromatic N) is 2. The first-order valence-corrected chi connectivity index (χ1v) is 6.44. The van der Waals surface area contributed by atoms with Gasteiger partial charge in [0, 0.05) is 32.0 Å². The van der Waals surface area contributed by atoms with Crippen molar-refractivity contribution in [3.8, 4) is 0 Å². The summed E-state index contributed by atoms with van der Waals surface area (Å²) < 4.78 is 0. The predicted molar refractivity (Wildman–Crippen MR) is 72.9 cm³/mol. The maximum Gasteiger partial charge on any atom is 0.221 e. The van der Waals surface area contributed by atoms with Crippen LogP contribution in [0.2, 0.25) is 0 Å². The molecule has 0 bridgehead atoms. The minimum Gasteiger partial charge on any atom is -0.353 e. The van der Waals surface area contributed by atoms with Gasteiger partial charge in [-0.15, -0.1) is 0 Å². The largest absolute Gasteiger partial charge is 0.353 e. The van der Waals surface area contributed by atoms with Gasteiger partial charge in [0.05, 0.1) is 5.69 Å². The highest BCUT2D eigenvalue weighted by Crippen LogP contribution is 2.22.